The number of hydrogen-bond acceptors (Lipinski definition) is 5. The van der Waals surface area contributed by atoms with Crippen molar-refractivity contribution in [2.75, 3.05) is 7.11 Å². The highest BCUT2D eigenvalue weighted by atomic mass is 16.6. The second kappa shape index (κ2) is 5.05. The van der Waals surface area contributed by atoms with Gasteiger partial charge in [-0.3, -0.25) is 14.3 Å². The minimum atomic E-state index is -0.955. The molecule has 0 aliphatic carbocycles. The molecule has 2 N–H and O–H groups in total. The Labute approximate surface area is 103 Å². The zero-order valence-corrected chi connectivity index (χ0v) is 10.2. The first-order valence-electron chi connectivity index (χ1n) is 5.76. The monoisotopic (exact) mass is 256 g/mol. The topological polar surface area (TPSA) is 93.6 Å². The number of ether oxygens (including phenoxy) is 2. The maximum Gasteiger partial charge on any atom is 0.330 e. The Morgan fingerprint density at radius 3 is 2.78 bits per heavy atom. The van der Waals surface area contributed by atoms with Gasteiger partial charge in [-0.1, -0.05) is 6.92 Å². The van der Waals surface area contributed by atoms with Crippen LogP contribution in [0.4, 0.5) is 0 Å². The molecule has 0 aromatic carbocycles. The molecule has 1 aliphatic rings. The quantitative estimate of drug-likeness (QED) is 0.740. The van der Waals surface area contributed by atoms with Crippen LogP contribution in [0.15, 0.2) is 21.9 Å². The summed E-state index contributed by atoms with van der Waals surface area (Å²) in [5.41, 5.74) is -1.10. The number of hydrogen-bond donors (Lipinski definition) is 2. The second-order valence-electron chi connectivity index (χ2n) is 4.18. The van der Waals surface area contributed by atoms with Crippen LogP contribution in [0, 0.1) is 0 Å². The van der Waals surface area contributed by atoms with Gasteiger partial charge in [0.25, 0.3) is 5.56 Å². The van der Waals surface area contributed by atoms with E-state index < -0.39 is 29.7 Å². The van der Waals surface area contributed by atoms with Crippen molar-refractivity contribution in [3.63, 3.8) is 0 Å². The number of aliphatic hydroxyl groups excluding tert-OH is 1. The van der Waals surface area contributed by atoms with Crippen molar-refractivity contribution in [1.29, 1.82) is 0 Å². The first-order valence-corrected chi connectivity index (χ1v) is 5.76. The van der Waals surface area contributed by atoms with Crippen LogP contribution in [-0.2, 0) is 9.47 Å². The van der Waals surface area contributed by atoms with Gasteiger partial charge in [0.05, 0.1) is 6.10 Å². The second-order valence-corrected chi connectivity index (χ2v) is 4.18. The highest BCUT2D eigenvalue weighted by Crippen LogP contribution is 2.31. The van der Waals surface area contributed by atoms with Gasteiger partial charge in [0.2, 0.25) is 0 Å². The fourth-order valence-corrected chi connectivity index (χ4v) is 2.20. The van der Waals surface area contributed by atoms with E-state index in [0.717, 1.165) is 4.57 Å². The van der Waals surface area contributed by atoms with Crippen LogP contribution in [0.5, 0.6) is 0 Å². The number of methoxy groups -OCH3 is 1. The highest BCUT2D eigenvalue weighted by molar-refractivity contribution is 4.93. The predicted molar refractivity (Wildman–Crippen MR) is 62.3 cm³/mol. The molecule has 0 saturated carbocycles. The SMILES string of the molecule is CC[C@H]1O[C@@H](n2ccc(=O)[nH]c2=O)C(O)C1OC. The summed E-state index contributed by atoms with van der Waals surface area (Å²) in [4.78, 5) is 24.7. The summed E-state index contributed by atoms with van der Waals surface area (Å²) in [6, 6.07) is 1.21. The molecule has 0 spiro atoms. The van der Waals surface area contributed by atoms with Crippen LogP contribution in [0.2, 0.25) is 0 Å². The van der Waals surface area contributed by atoms with Crippen molar-refractivity contribution >= 4 is 0 Å². The van der Waals surface area contributed by atoms with E-state index in [1.807, 2.05) is 6.92 Å². The number of aromatic amines is 1. The lowest BCUT2D eigenvalue weighted by Crippen LogP contribution is -2.38. The molecule has 0 amide bonds. The smallest absolute Gasteiger partial charge is 0.330 e. The van der Waals surface area contributed by atoms with Crippen molar-refractivity contribution in [3.05, 3.63) is 33.1 Å². The van der Waals surface area contributed by atoms with Gasteiger partial charge in [0.15, 0.2) is 6.23 Å². The van der Waals surface area contributed by atoms with Crippen molar-refractivity contribution in [1.82, 2.24) is 9.55 Å². The summed E-state index contributed by atoms with van der Waals surface area (Å²) in [6.07, 6.45) is -0.607. The molecule has 1 fully saturated rings. The van der Waals surface area contributed by atoms with Crippen molar-refractivity contribution in [2.45, 2.75) is 37.9 Å². The van der Waals surface area contributed by atoms with Crippen LogP contribution < -0.4 is 11.2 Å². The van der Waals surface area contributed by atoms with E-state index in [-0.39, 0.29) is 6.10 Å². The fourth-order valence-electron chi connectivity index (χ4n) is 2.20. The average Bonchev–Trinajstić information content (AvgIpc) is 2.66. The maximum atomic E-state index is 11.6. The standard InChI is InChI=1S/C11H16N2O5/c1-3-6-9(17-2)8(15)10(18-6)13-5-4-7(14)12-11(13)16/h4-6,8-10,15H,3H2,1-2H3,(H,12,14,16)/t6-,8?,9?,10-/m1/s1. The van der Waals surface area contributed by atoms with Crippen LogP contribution in [-0.4, -0.2) is 40.1 Å². The highest BCUT2D eigenvalue weighted by Gasteiger charge is 2.44. The van der Waals surface area contributed by atoms with Gasteiger partial charge in [-0.25, -0.2) is 4.79 Å². The minimum absolute atomic E-state index is 0.283. The third-order valence-electron chi connectivity index (χ3n) is 3.11. The zero-order valence-electron chi connectivity index (χ0n) is 10.2. The molecule has 2 unspecified atom stereocenters. The molecular weight excluding hydrogens is 240 g/mol. The Kier molecular flexibility index (Phi) is 3.65. The number of rotatable bonds is 3. The third kappa shape index (κ3) is 2.12. The summed E-state index contributed by atoms with van der Waals surface area (Å²) >= 11 is 0. The van der Waals surface area contributed by atoms with E-state index in [4.69, 9.17) is 9.47 Å². The molecular formula is C11H16N2O5. The van der Waals surface area contributed by atoms with Crippen LogP contribution in [0.25, 0.3) is 0 Å². The van der Waals surface area contributed by atoms with Crippen LogP contribution in [0.1, 0.15) is 19.6 Å². The van der Waals surface area contributed by atoms with E-state index in [9.17, 15) is 14.7 Å². The number of H-pyrrole nitrogens is 1. The molecule has 1 aromatic heterocycles. The average molecular weight is 256 g/mol. The van der Waals surface area contributed by atoms with Gasteiger partial charge in [0, 0.05) is 19.4 Å². The number of nitrogens with zero attached hydrogens (tertiary/aromatic N) is 1. The third-order valence-corrected chi connectivity index (χ3v) is 3.11. The molecule has 4 atom stereocenters. The Hall–Kier alpha value is -1.44. The molecule has 100 valence electrons. The molecule has 0 radical (unpaired) electrons. The Balaban J connectivity index is 2.34. The Bertz CT molecular complexity index is 523. The molecule has 1 aromatic rings. The van der Waals surface area contributed by atoms with E-state index in [2.05, 4.69) is 4.98 Å². The summed E-state index contributed by atoms with van der Waals surface area (Å²) in [7, 11) is 1.48. The largest absolute Gasteiger partial charge is 0.386 e. The van der Waals surface area contributed by atoms with Gasteiger partial charge in [-0.2, -0.15) is 0 Å². The lowest BCUT2D eigenvalue weighted by molar-refractivity contribution is -0.0405. The summed E-state index contributed by atoms with van der Waals surface area (Å²) < 4.78 is 11.9. The molecule has 2 rings (SSSR count). The van der Waals surface area contributed by atoms with Gasteiger partial charge in [-0.15, -0.1) is 0 Å². The number of aromatic nitrogens is 2. The predicted octanol–water partition coefficient (Wildman–Crippen LogP) is -0.780. The Morgan fingerprint density at radius 2 is 2.28 bits per heavy atom. The number of aliphatic hydroxyl groups is 1. The van der Waals surface area contributed by atoms with Gasteiger partial charge < -0.3 is 14.6 Å². The van der Waals surface area contributed by atoms with Gasteiger partial charge >= 0.3 is 5.69 Å². The summed E-state index contributed by atoms with van der Waals surface area (Å²) in [5, 5.41) is 10.1. The summed E-state index contributed by atoms with van der Waals surface area (Å²) in [5.74, 6) is 0. The Morgan fingerprint density at radius 1 is 1.56 bits per heavy atom. The van der Waals surface area contributed by atoms with Gasteiger partial charge in [-0.05, 0) is 6.42 Å². The molecule has 18 heavy (non-hydrogen) atoms. The van der Waals surface area contributed by atoms with Crippen molar-refractivity contribution in [3.8, 4) is 0 Å². The van der Waals surface area contributed by atoms with Gasteiger partial charge in [0.1, 0.15) is 12.2 Å². The maximum absolute atomic E-state index is 11.6. The van der Waals surface area contributed by atoms with E-state index >= 15 is 0 Å². The summed E-state index contributed by atoms with van der Waals surface area (Å²) in [6.45, 7) is 1.90. The first-order chi connectivity index (χ1) is 8.58. The van der Waals surface area contributed by atoms with Crippen molar-refractivity contribution < 1.29 is 14.6 Å². The zero-order chi connectivity index (χ0) is 13.3. The van der Waals surface area contributed by atoms with E-state index in [1.54, 1.807) is 0 Å². The molecule has 2 heterocycles. The molecule has 7 heteroatoms. The molecule has 0 bridgehead atoms. The first kappa shape index (κ1) is 13.0. The minimum Gasteiger partial charge on any atom is -0.386 e. The van der Waals surface area contributed by atoms with E-state index in [0.29, 0.717) is 6.42 Å². The lowest BCUT2D eigenvalue weighted by Gasteiger charge is -2.18. The van der Waals surface area contributed by atoms with Crippen LogP contribution >= 0.6 is 0 Å². The fraction of sp³-hybridized carbons (Fsp3) is 0.636. The normalized spacial score (nSPS) is 31.7. The van der Waals surface area contributed by atoms with Crippen molar-refractivity contribution in [2.24, 2.45) is 0 Å². The molecule has 7 nitrogen and oxygen atoms in total. The lowest BCUT2D eigenvalue weighted by atomic mass is 10.1. The number of nitrogens with one attached hydrogen (secondary N) is 1. The van der Waals surface area contributed by atoms with E-state index in [1.165, 1.54) is 19.4 Å². The van der Waals surface area contributed by atoms with Crippen LogP contribution in [0.3, 0.4) is 0 Å². The molecule has 1 saturated heterocycles. The molecule has 1 aliphatic heterocycles.